The fourth-order valence-electron chi connectivity index (χ4n) is 4.10. The van der Waals surface area contributed by atoms with Gasteiger partial charge in [0.25, 0.3) is 5.91 Å². The number of carbonyl (C=O) groups is 2. The smallest absolute Gasteiger partial charge is 0.344 e. The van der Waals surface area contributed by atoms with Crippen LogP contribution in [-0.2, 0) is 19.6 Å². The number of ether oxygens (including phenoxy) is 1. The van der Waals surface area contributed by atoms with Crippen molar-refractivity contribution in [2.75, 3.05) is 32.8 Å². The van der Waals surface area contributed by atoms with Crippen molar-refractivity contribution in [2.45, 2.75) is 25.7 Å². The summed E-state index contributed by atoms with van der Waals surface area (Å²) >= 11 is 0. The van der Waals surface area contributed by atoms with Gasteiger partial charge in [0, 0.05) is 31.7 Å². The Morgan fingerprint density at radius 1 is 1.00 bits per heavy atom. The molecule has 10 heteroatoms. The summed E-state index contributed by atoms with van der Waals surface area (Å²) in [6, 6.07) is 14.3. The van der Waals surface area contributed by atoms with E-state index in [2.05, 4.69) is 5.16 Å². The highest BCUT2D eigenvalue weighted by Crippen LogP contribution is 2.26. The van der Waals surface area contributed by atoms with E-state index in [1.165, 1.54) is 9.21 Å². The van der Waals surface area contributed by atoms with E-state index in [9.17, 15) is 18.0 Å². The van der Waals surface area contributed by atoms with Gasteiger partial charge in [-0.2, -0.15) is 4.31 Å². The first-order valence-corrected chi connectivity index (χ1v) is 12.7. The van der Waals surface area contributed by atoms with Gasteiger partial charge in [-0.25, -0.2) is 13.2 Å². The monoisotopic (exact) mass is 497 g/mol. The second-order valence-electron chi connectivity index (χ2n) is 8.46. The van der Waals surface area contributed by atoms with E-state index in [4.69, 9.17) is 9.26 Å². The van der Waals surface area contributed by atoms with E-state index in [0.717, 1.165) is 5.56 Å². The number of piperazine rings is 1. The molecule has 2 aromatic carbocycles. The summed E-state index contributed by atoms with van der Waals surface area (Å²) in [5.74, 6) is -0.796. The number of benzene rings is 2. The Labute approximate surface area is 204 Å². The molecule has 0 unspecified atom stereocenters. The van der Waals surface area contributed by atoms with Crippen LogP contribution in [0.2, 0.25) is 0 Å². The Hall–Kier alpha value is -3.50. The normalized spacial score (nSPS) is 14.7. The number of hydrogen-bond donors (Lipinski definition) is 0. The van der Waals surface area contributed by atoms with Crippen molar-refractivity contribution in [1.82, 2.24) is 14.4 Å². The lowest BCUT2D eigenvalue weighted by Crippen LogP contribution is -2.51. The third kappa shape index (κ3) is 5.13. The van der Waals surface area contributed by atoms with Crippen LogP contribution in [0.25, 0.3) is 11.3 Å². The Balaban J connectivity index is 1.36. The molecule has 1 aliphatic rings. The highest BCUT2D eigenvalue weighted by atomic mass is 32.2. The van der Waals surface area contributed by atoms with Crippen molar-refractivity contribution in [1.29, 1.82) is 0 Å². The van der Waals surface area contributed by atoms with Crippen LogP contribution in [0.1, 0.15) is 27.2 Å². The van der Waals surface area contributed by atoms with Crippen molar-refractivity contribution in [3.8, 4) is 11.3 Å². The van der Waals surface area contributed by atoms with Gasteiger partial charge in [-0.3, -0.25) is 4.79 Å². The predicted octanol–water partition coefficient (Wildman–Crippen LogP) is 2.96. The molecule has 184 valence electrons. The van der Waals surface area contributed by atoms with Crippen LogP contribution in [0.15, 0.2) is 57.9 Å². The van der Waals surface area contributed by atoms with Gasteiger partial charge >= 0.3 is 5.97 Å². The standard InChI is InChI=1S/C25H27N3O6S/c1-17-9-10-21(18(2)15-17)35(31,32)28-13-11-27(12-14-28)22(29)16-33-25(30)23-19(3)34-26-24(23)20-7-5-4-6-8-20/h4-10,15H,11-14,16H2,1-3H3. The SMILES string of the molecule is Cc1ccc(S(=O)(=O)N2CCN(C(=O)COC(=O)c3c(-c4ccccc4)noc3C)CC2)c(C)c1. The summed E-state index contributed by atoms with van der Waals surface area (Å²) in [5.41, 5.74) is 2.90. The molecule has 0 radical (unpaired) electrons. The first-order valence-electron chi connectivity index (χ1n) is 11.2. The molecule has 1 aromatic heterocycles. The van der Waals surface area contributed by atoms with Crippen molar-refractivity contribution in [2.24, 2.45) is 0 Å². The van der Waals surface area contributed by atoms with E-state index in [1.807, 2.05) is 31.2 Å². The largest absolute Gasteiger partial charge is 0.452 e. The quantitative estimate of drug-likeness (QED) is 0.482. The van der Waals surface area contributed by atoms with Crippen LogP contribution in [-0.4, -0.2) is 67.4 Å². The number of aromatic nitrogens is 1. The van der Waals surface area contributed by atoms with Crippen molar-refractivity contribution in [3.63, 3.8) is 0 Å². The number of amides is 1. The van der Waals surface area contributed by atoms with Gasteiger partial charge < -0.3 is 14.2 Å². The van der Waals surface area contributed by atoms with E-state index >= 15 is 0 Å². The second-order valence-corrected chi connectivity index (χ2v) is 10.4. The maximum atomic E-state index is 13.1. The maximum Gasteiger partial charge on any atom is 0.344 e. The highest BCUT2D eigenvalue weighted by Gasteiger charge is 2.31. The molecule has 1 aliphatic heterocycles. The van der Waals surface area contributed by atoms with Crippen LogP contribution in [0.5, 0.6) is 0 Å². The van der Waals surface area contributed by atoms with Gasteiger partial charge in [0.05, 0.1) is 4.90 Å². The molecule has 0 bridgehead atoms. The predicted molar refractivity (Wildman–Crippen MR) is 128 cm³/mol. The number of carbonyl (C=O) groups excluding carboxylic acids is 2. The molecule has 4 rings (SSSR count). The van der Waals surface area contributed by atoms with Crippen LogP contribution in [0, 0.1) is 20.8 Å². The van der Waals surface area contributed by atoms with E-state index in [0.29, 0.717) is 22.6 Å². The van der Waals surface area contributed by atoms with Crippen LogP contribution < -0.4 is 0 Å². The number of nitrogens with zero attached hydrogens (tertiary/aromatic N) is 3. The molecule has 9 nitrogen and oxygen atoms in total. The minimum atomic E-state index is -3.66. The lowest BCUT2D eigenvalue weighted by molar-refractivity contribution is -0.135. The Kier molecular flexibility index (Phi) is 7.04. The molecule has 0 spiro atoms. The van der Waals surface area contributed by atoms with Gasteiger partial charge in [0.2, 0.25) is 10.0 Å². The molecule has 0 aliphatic carbocycles. The Morgan fingerprint density at radius 3 is 2.34 bits per heavy atom. The zero-order chi connectivity index (χ0) is 25.2. The number of hydrogen-bond acceptors (Lipinski definition) is 7. The third-order valence-electron chi connectivity index (χ3n) is 5.98. The molecule has 3 aromatic rings. The zero-order valence-corrected chi connectivity index (χ0v) is 20.7. The summed E-state index contributed by atoms with van der Waals surface area (Å²) in [6.45, 7) is 5.58. The van der Waals surface area contributed by atoms with Crippen molar-refractivity contribution >= 4 is 21.9 Å². The van der Waals surface area contributed by atoms with Crippen molar-refractivity contribution < 1.29 is 27.3 Å². The van der Waals surface area contributed by atoms with Gasteiger partial charge in [0.1, 0.15) is 17.0 Å². The fourth-order valence-corrected chi connectivity index (χ4v) is 5.73. The Bertz CT molecular complexity index is 1340. The topological polar surface area (TPSA) is 110 Å². The summed E-state index contributed by atoms with van der Waals surface area (Å²) < 4.78 is 38.0. The lowest BCUT2D eigenvalue weighted by atomic mass is 10.1. The number of aryl methyl sites for hydroxylation is 3. The Morgan fingerprint density at radius 2 is 1.69 bits per heavy atom. The van der Waals surface area contributed by atoms with E-state index in [-0.39, 0.29) is 36.6 Å². The second kappa shape index (κ2) is 10.0. The minimum Gasteiger partial charge on any atom is -0.452 e. The van der Waals surface area contributed by atoms with Gasteiger partial charge in [0.15, 0.2) is 6.61 Å². The maximum absolute atomic E-state index is 13.1. The molecular formula is C25H27N3O6S. The van der Waals surface area contributed by atoms with Gasteiger partial charge in [-0.05, 0) is 32.4 Å². The number of rotatable bonds is 6. The van der Waals surface area contributed by atoms with Gasteiger partial charge in [-0.1, -0.05) is 53.2 Å². The van der Waals surface area contributed by atoms with Crippen LogP contribution in [0.3, 0.4) is 0 Å². The average molecular weight is 498 g/mol. The molecule has 0 atom stereocenters. The molecular weight excluding hydrogens is 470 g/mol. The molecule has 1 amide bonds. The molecule has 1 saturated heterocycles. The summed E-state index contributed by atoms with van der Waals surface area (Å²) in [4.78, 5) is 27.2. The third-order valence-corrected chi connectivity index (χ3v) is 8.04. The summed E-state index contributed by atoms with van der Waals surface area (Å²) in [5, 5.41) is 3.96. The molecule has 0 N–H and O–H groups in total. The lowest BCUT2D eigenvalue weighted by Gasteiger charge is -2.34. The number of sulfonamides is 1. The average Bonchev–Trinajstić information content (AvgIpc) is 3.24. The van der Waals surface area contributed by atoms with E-state index in [1.54, 1.807) is 38.1 Å². The van der Waals surface area contributed by atoms with Crippen LogP contribution in [0.4, 0.5) is 0 Å². The highest BCUT2D eigenvalue weighted by molar-refractivity contribution is 7.89. The molecule has 2 heterocycles. The first kappa shape index (κ1) is 24.6. The van der Waals surface area contributed by atoms with E-state index < -0.39 is 28.5 Å². The van der Waals surface area contributed by atoms with Crippen LogP contribution >= 0.6 is 0 Å². The molecule has 35 heavy (non-hydrogen) atoms. The van der Waals surface area contributed by atoms with Gasteiger partial charge in [-0.15, -0.1) is 0 Å². The summed E-state index contributed by atoms with van der Waals surface area (Å²) in [7, 11) is -3.66. The first-order chi connectivity index (χ1) is 16.7. The van der Waals surface area contributed by atoms with Crippen molar-refractivity contribution in [3.05, 3.63) is 71.0 Å². The molecule has 1 fully saturated rings. The minimum absolute atomic E-state index is 0.165. The number of esters is 1. The fraction of sp³-hybridized carbons (Fsp3) is 0.320. The zero-order valence-electron chi connectivity index (χ0n) is 19.9. The summed E-state index contributed by atoms with van der Waals surface area (Å²) in [6.07, 6.45) is 0. The molecule has 0 saturated carbocycles.